The SMILES string of the molecule is CC[C@@H](C)NC(=O)c1ccc2c(c1)N(Cc1ccccc1F)C(=O)c1ccccc1[S@]2=O. The molecule has 0 fully saturated rings. The van der Waals surface area contributed by atoms with Gasteiger partial charge in [-0.05, 0) is 49.7 Å². The Kier molecular flexibility index (Phi) is 6.19. The molecule has 1 aliphatic rings. The molecule has 0 spiro atoms. The number of halogens is 1. The fourth-order valence-corrected chi connectivity index (χ4v) is 4.91. The zero-order valence-corrected chi connectivity index (χ0v) is 18.6. The van der Waals surface area contributed by atoms with Gasteiger partial charge in [0.05, 0.1) is 38.4 Å². The molecular weight excluding hydrogens is 427 g/mol. The van der Waals surface area contributed by atoms with Crippen molar-refractivity contribution in [3.63, 3.8) is 0 Å². The molecule has 0 unspecified atom stereocenters. The minimum absolute atomic E-state index is 0.0177. The number of fused-ring (bicyclic) bond motifs is 2. The summed E-state index contributed by atoms with van der Waals surface area (Å²) in [5.74, 6) is -1.12. The van der Waals surface area contributed by atoms with Crippen molar-refractivity contribution in [1.82, 2.24) is 5.32 Å². The highest BCUT2D eigenvalue weighted by atomic mass is 32.2. The number of carbonyl (C=O) groups excluding carboxylic acids is 2. The third kappa shape index (κ3) is 4.08. The lowest BCUT2D eigenvalue weighted by Crippen LogP contribution is -2.33. The number of anilines is 1. The number of hydrogen-bond acceptors (Lipinski definition) is 3. The summed E-state index contributed by atoms with van der Waals surface area (Å²) < 4.78 is 27.9. The van der Waals surface area contributed by atoms with Gasteiger partial charge in [-0.3, -0.25) is 9.59 Å². The second-order valence-electron chi connectivity index (χ2n) is 7.71. The van der Waals surface area contributed by atoms with E-state index in [1.165, 1.54) is 11.0 Å². The molecule has 0 bridgehead atoms. The van der Waals surface area contributed by atoms with Crippen LogP contribution < -0.4 is 10.2 Å². The molecule has 0 saturated carbocycles. The number of hydrogen-bond donors (Lipinski definition) is 1. The van der Waals surface area contributed by atoms with Gasteiger partial charge >= 0.3 is 0 Å². The summed E-state index contributed by atoms with van der Waals surface area (Å²) in [6, 6.07) is 17.7. The van der Waals surface area contributed by atoms with Crippen molar-refractivity contribution in [2.24, 2.45) is 0 Å². The first-order chi connectivity index (χ1) is 15.4. The lowest BCUT2D eigenvalue weighted by atomic mass is 10.1. The summed E-state index contributed by atoms with van der Waals surface area (Å²) in [4.78, 5) is 28.5. The van der Waals surface area contributed by atoms with Gasteiger partial charge in [-0.2, -0.15) is 0 Å². The highest BCUT2D eigenvalue weighted by molar-refractivity contribution is 7.85. The third-order valence-corrected chi connectivity index (χ3v) is 7.05. The van der Waals surface area contributed by atoms with E-state index < -0.39 is 22.5 Å². The summed E-state index contributed by atoms with van der Waals surface area (Å²) in [6.07, 6.45) is 0.772. The number of amides is 2. The Balaban J connectivity index is 1.86. The molecule has 32 heavy (non-hydrogen) atoms. The van der Waals surface area contributed by atoms with E-state index in [0.717, 1.165) is 6.42 Å². The standard InChI is InChI=1S/C25H23FN2O3S/c1-3-16(2)27-24(29)17-12-13-23-21(14-17)28(15-18-8-4-6-10-20(18)26)25(30)19-9-5-7-11-22(19)32(23)31/h4-14,16H,3,15H2,1-2H3,(H,27,29)/t16-,32-/m1/s1. The molecule has 3 aromatic rings. The minimum Gasteiger partial charge on any atom is -0.350 e. The van der Waals surface area contributed by atoms with Gasteiger partial charge in [-0.25, -0.2) is 8.60 Å². The third-order valence-electron chi connectivity index (χ3n) is 5.55. The maximum Gasteiger partial charge on any atom is 0.259 e. The van der Waals surface area contributed by atoms with Gasteiger partial charge in [0.2, 0.25) is 0 Å². The van der Waals surface area contributed by atoms with Crippen molar-refractivity contribution in [2.45, 2.75) is 42.6 Å². The Labute approximate surface area is 188 Å². The van der Waals surface area contributed by atoms with E-state index in [4.69, 9.17) is 0 Å². The molecule has 1 heterocycles. The van der Waals surface area contributed by atoms with Crippen molar-refractivity contribution in [3.8, 4) is 0 Å². The summed E-state index contributed by atoms with van der Waals surface area (Å²) in [5, 5.41) is 2.90. The molecule has 7 heteroatoms. The van der Waals surface area contributed by atoms with Crippen LogP contribution in [0.2, 0.25) is 0 Å². The van der Waals surface area contributed by atoms with E-state index in [1.54, 1.807) is 60.7 Å². The van der Waals surface area contributed by atoms with Crippen LogP contribution in [0.25, 0.3) is 0 Å². The maximum atomic E-state index is 14.4. The quantitative estimate of drug-likeness (QED) is 0.614. The highest BCUT2D eigenvalue weighted by Gasteiger charge is 2.32. The Morgan fingerprint density at radius 3 is 2.53 bits per heavy atom. The van der Waals surface area contributed by atoms with E-state index >= 15 is 0 Å². The van der Waals surface area contributed by atoms with Gasteiger partial charge in [0.15, 0.2) is 0 Å². The Morgan fingerprint density at radius 2 is 1.78 bits per heavy atom. The number of nitrogens with zero attached hydrogens (tertiary/aromatic N) is 1. The van der Waals surface area contributed by atoms with Crippen molar-refractivity contribution < 1.29 is 18.2 Å². The van der Waals surface area contributed by atoms with Crippen LogP contribution in [-0.2, 0) is 17.3 Å². The minimum atomic E-state index is -1.63. The summed E-state index contributed by atoms with van der Waals surface area (Å²) in [5.41, 5.74) is 1.30. The maximum absolute atomic E-state index is 14.4. The normalized spacial score (nSPS) is 16.0. The van der Waals surface area contributed by atoms with Crippen LogP contribution >= 0.6 is 0 Å². The van der Waals surface area contributed by atoms with E-state index in [0.29, 0.717) is 32.2 Å². The summed E-state index contributed by atoms with van der Waals surface area (Å²) in [7, 11) is -1.63. The molecule has 2 amide bonds. The molecule has 0 radical (unpaired) electrons. The molecule has 1 N–H and O–H groups in total. The summed E-state index contributed by atoms with van der Waals surface area (Å²) >= 11 is 0. The van der Waals surface area contributed by atoms with Crippen molar-refractivity contribution >= 4 is 28.3 Å². The van der Waals surface area contributed by atoms with Crippen LogP contribution in [0.15, 0.2) is 76.5 Å². The first-order valence-corrected chi connectivity index (χ1v) is 11.6. The van der Waals surface area contributed by atoms with Gasteiger partial charge < -0.3 is 10.2 Å². The molecule has 2 atom stereocenters. The van der Waals surface area contributed by atoms with Crippen LogP contribution in [0.4, 0.5) is 10.1 Å². The molecule has 1 aliphatic heterocycles. The molecule has 3 aromatic carbocycles. The van der Waals surface area contributed by atoms with Crippen LogP contribution in [0.5, 0.6) is 0 Å². The Morgan fingerprint density at radius 1 is 1.06 bits per heavy atom. The van der Waals surface area contributed by atoms with Crippen molar-refractivity contribution in [3.05, 3.63) is 89.2 Å². The first-order valence-electron chi connectivity index (χ1n) is 10.4. The molecule has 0 aromatic heterocycles. The van der Waals surface area contributed by atoms with Gasteiger partial charge in [0, 0.05) is 17.2 Å². The van der Waals surface area contributed by atoms with Gasteiger partial charge in [0.1, 0.15) is 5.82 Å². The number of carbonyl (C=O) groups is 2. The lowest BCUT2D eigenvalue weighted by Gasteiger charge is -2.24. The predicted molar refractivity (Wildman–Crippen MR) is 122 cm³/mol. The number of benzene rings is 3. The van der Waals surface area contributed by atoms with Crippen molar-refractivity contribution in [1.29, 1.82) is 0 Å². The molecular formula is C25H23FN2O3S. The zero-order valence-electron chi connectivity index (χ0n) is 17.8. The van der Waals surface area contributed by atoms with Crippen LogP contribution in [-0.4, -0.2) is 22.1 Å². The molecule has 4 rings (SSSR count). The van der Waals surface area contributed by atoms with Crippen LogP contribution in [0.3, 0.4) is 0 Å². The van der Waals surface area contributed by atoms with Gasteiger partial charge in [-0.15, -0.1) is 0 Å². The zero-order chi connectivity index (χ0) is 22.8. The second-order valence-corrected chi connectivity index (χ2v) is 9.13. The molecule has 0 saturated heterocycles. The van der Waals surface area contributed by atoms with Crippen LogP contribution in [0.1, 0.15) is 46.5 Å². The average molecular weight is 451 g/mol. The number of rotatable bonds is 5. The van der Waals surface area contributed by atoms with Crippen LogP contribution in [0, 0.1) is 5.82 Å². The van der Waals surface area contributed by atoms with E-state index in [2.05, 4.69) is 5.32 Å². The highest BCUT2D eigenvalue weighted by Crippen LogP contribution is 2.36. The Bertz CT molecular complexity index is 1230. The molecule has 0 aliphatic carbocycles. The van der Waals surface area contributed by atoms with Gasteiger partial charge in [0.25, 0.3) is 11.8 Å². The largest absolute Gasteiger partial charge is 0.350 e. The molecule has 164 valence electrons. The Hall–Kier alpha value is -3.32. The topological polar surface area (TPSA) is 66.5 Å². The molecule has 5 nitrogen and oxygen atoms in total. The summed E-state index contributed by atoms with van der Waals surface area (Å²) in [6.45, 7) is 3.82. The number of nitrogens with one attached hydrogen (secondary N) is 1. The fourth-order valence-electron chi connectivity index (χ4n) is 3.57. The average Bonchev–Trinajstić information content (AvgIpc) is 2.89. The first kappa shape index (κ1) is 21.9. The van der Waals surface area contributed by atoms with E-state index in [1.807, 2.05) is 13.8 Å². The fraction of sp³-hybridized carbons (Fsp3) is 0.200. The smallest absolute Gasteiger partial charge is 0.259 e. The second kappa shape index (κ2) is 9.04. The monoisotopic (exact) mass is 450 g/mol. The van der Waals surface area contributed by atoms with E-state index in [-0.39, 0.29) is 18.5 Å². The van der Waals surface area contributed by atoms with E-state index in [9.17, 15) is 18.2 Å². The lowest BCUT2D eigenvalue weighted by molar-refractivity contribution is 0.0936. The predicted octanol–water partition coefficient (Wildman–Crippen LogP) is 4.68. The van der Waals surface area contributed by atoms with Gasteiger partial charge in [-0.1, -0.05) is 37.3 Å². The van der Waals surface area contributed by atoms with Crippen molar-refractivity contribution in [2.75, 3.05) is 4.90 Å².